The lowest BCUT2D eigenvalue weighted by atomic mass is 10.1. The minimum Gasteiger partial charge on any atom is -0.321 e. The number of piperazine rings is 3. The van der Waals surface area contributed by atoms with Crippen molar-refractivity contribution in [3.05, 3.63) is 30.3 Å². The summed E-state index contributed by atoms with van der Waals surface area (Å²) in [6, 6.07) is 9.75. The molecule has 1 N–H and O–H groups in total. The number of anilines is 1. The van der Waals surface area contributed by atoms with Crippen molar-refractivity contribution in [2.45, 2.75) is 13.8 Å². The van der Waals surface area contributed by atoms with Crippen molar-refractivity contribution in [1.82, 2.24) is 0 Å². The van der Waals surface area contributed by atoms with Gasteiger partial charge in [-0.3, -0.25) is 4.79 Å². The van der Waals surface area contributed by atoms with Crippen LogP contribution in [-0.2, 0) is 4.79 Å². The maximum absolute atomic E-state index is 12.2. The molecular formula is C17H29N3O+2. The first-order valence-corrected chi connectivity index (χ1v) is 8.13. The summed E-state index contributed by atoms with van der Waals surface area (Å²) in [5, 5.41) is 3.02. The monoisotopic (exact) mass is 291 g/mol. The molecule has 116 valence electrons. The first-order chi connectivity index (χ1) is 10.1. The highest BCUT2D eigenvalue weighted by atomic mass is 16.2. The fraction of sp³-hybridized carbons (Fsp3) is 0.588. The number of amides is 1. The Morgan fingerprint density at radius 1 is 1.00 bits per heavy atom. The van der Waals surface area contributed by atoms with E-state index in [4.69, 9.17) is 0 Å². The number of hydrogen-bond acceptors (Lipinski definition) is 1. The van der Waals surface area contributed by atoms with Gasteiger partial charge in [0.2, 0.25) is 0 Å². The van der Waals surface area contributed by atoms with E-state index in [2.05, 4.69) is 12.4 Å². The third-order valence-corrected chi connectivity index (χ3v) is 4.88. The van der Waals surface area contributed by atoms with Crippen LogP contribution in [0.4, 0.5) is 5.69 Å². The molecule has 0 atom stereocenters. The lowest BCUT2D eigenvalue weighted by molar-refractivity contribution is -1.07. The van der Waals surface area contributed by atoms with Crippen LogP contribution < -0.4 is 5.32 Å². The maximum Gasteiger partial charge on any atom is 0.279 e. The number of nitrogens with one attached hydrogen (secondary N) is 1. The van der Waals surface area contributed by atoms with Gasteiger partial charge >= 0.3 is 0 Å². The molecule has 1 aromatic rings. The summed E-state index contributed by atoms with van der Waals surface area (Å²) in [4.78, 5) is 12.2. The SMILES string of the molecule is CC.C[N+]12CC[N+](CC(=O)Nc3ccccc3)(CC1)CC2. The van der Waals surface area contributed by atoms with Crippen molar-refractivity contribution in [2.75, 3.05) is 58.2 Å². The number of carbonyl (C=O) groups excluding carboxylic acids is 1. The zero-order chi connectivity index (χ0) is 15.3. The zero-order valence-corrected chi connectivity index (χ0v) is 13.6. The Bertz CT molecular complexity index is 448. The summed E-state index contributed by atoms with van der Waals surface area (Å²) in [6.07, 6.45) is 0. The second-order valence-electron chi connectivity index (χ2n) is 6.38. The Labute approximate surface area is 128 Å². The summed E-state index contributed by atoms with van der Waals surface area (Å²) in [5.41, 5.74) is 0.903. The molecule has 0 unspecified atom stereocenters. The van der Waals surface area contributed by atoms with Crippen molar-refractivity contribution in [3.63, 3.8) is 0 Å². The second-order valence-corrected chi connectivity index (χ2v) is 6.38. The molecule has 1 amide bonds. The number of carbonyl (C=O) groups is 1. The van der Waals surface area contributed by atoms with Gasteiger partial charge in [0.15, 0.2) is 6.54 Å². The number of para-hydroxylation sites is 1. The molecule has 3 aliphatic heterocycles. The van der Waals surface area contributed by atoms with E-state index in [1.54, 1.807) is 0 Å². The molecule has 0 aromatic heterocycles. The molecule has 3 fully saturated rings. The van der Waals surface area contributed by atoms with E-state index in [0.717, 1.165) is 29.8 Å². The molecule has 3 saturated heterocycles. The Morgan fingerprint density at radius 2 is 1.52 bits per heavy atom. The van der Waals surface area contributed by atoms with E-state index < -0.39 is 0 Å². The highest BCUT2D eigenvalue weighted by Gasteiger charge is 2.47. The number of rotatable bonds is 3. The lowest BCUT2D eigenvalue weighted by Crippen LogP contribution is -2.74. The average molecular weight is 291 g/mol. The van der Waals surface area contributed by atoms with Gasteiger partial charge < -0.3 is 14.3 Å². The average Bonchev–Trinajstić information content (AvgIpc) is 2.52. The number of benzene rings is 1. The molecule has 21 heavy (non-hydrogen) atoms. The number of fused-ring (bicyclic) bond motifs is 3. The van der Waals surface area contributed by atoms with Crippen LogP contribution >= 0.6 is 0 Å². The quantitative estimate of drug-likeness (QED) is 0.847. The molecule has 2 bridgehead atoms. The van der Waals surface area contributed by atoms with Crippen LogP contribution in [-0.4, -0.2) is 67.7 Å². The number of hydrogen-bond donors (Lipinski definition) is 1. The van der Waals surface area contributed by atoms with E-state index >= 15 is 0 Å². The Kier molecular flexibility index (Phi) is 5.01. The lowest BCUT2D eigenvalue weighted by Gasteiger charge is -2.53. The van der Waals surface area contributed by atoms with Gasteiger partial charge in [0.25, 0.3) is 5.91 Å². The largest absolute Gasteiger partial charge is 0.321 e. The molecule has 0 aliphatic carbocycles. The molecule has 1 aromatic carbocycles. The molecule has 4 nitrogen and oxygen atoms in total. The molecule has 0 radical (unpaired) electrons. The third-order valence-electron chi connectivity index (χ3n) is 4.88. The molecule has 0 spiro atoms. The third kappa shape index (κ3) is 3.83. The van der Waals surface area contributed by atoms with E-state index in [9.17, 15) is 4.79 Å². The molecule has 3 heterocycles. The van der Waals surface area contributed by atoms with Gasteiger partial charge in [-0.2, -0.15) is 0 Å². The molecule has 0 saturated carbocycles. The van der Waals surface area contributed by atoms with Crippen LogP contribution in [0.15, 0.2) is 30.3 Å². The Morgan fingerprint density at radius 3 is 2.05 bits per heavy atom. The summed E-state index contributed by atoms with van der Waals surface area (Å²) in [7, 11) is 2.34. The van der Waals surface area contributed by atoms with Crippen LogP contribution in [0.2, 0.25) is 0 Å². The van der Waals surface area contributed by atoms with Gasteiger partial charge in [-0.25, -0.2) is 0 Å². The Hall–Kier alpha value is -1.39. The van der Waals surface area contributed by atoms with Gasteiger partial charge in [-0.1, -0.05) is 32.0 Å². The predicted octanol–water partition coefficient (Wildman–Crippen LogP) is 1.94. The summed E-state index contributed by atoms with van der Waals surface area (Å²) in [5.74, 6) is 0.157. The van der Waals surface area contributed by atoms with Crippen molar-refractivity contribution in [2.24, 2.45) is 0 Å². The van der Waals surface area contributed by atoms with Crippen molar-refractivity contribution >= 4 is 11.6 Å². The maximum atomic E-state index is 12.2. The van der Waals surface area contributed by atoms with Crippen molar-refractivity contribution < 1.29 is 13.8 Å². The van der Waals surface area contributed by atoms with Crippen LogP contribution in [0.3, 0.4) is 0 Å². The fourth-order valence-corrected chi connectivity index (χ4v) is 3.30. The normalized spacial score (nSPS) is 30.2. The van der Waals surface area contributed by atoms with Gasteiger partial charge in [-0.15, -0.1) is 0 Å². The fourth-order valence-electron chi connectivity index (χ4n) is 3.30. The van der Waals surface area contributed by atoms with Crippen LogP contribution in [0.5, 0.6) is 0 Å². The van der Waals surface area contributed by atoms with Gasteiger partial charge in [0.1, 0.15) is 39.3 Å². The van der Waals surface area contributed by atoms with Crippen LogP contribution in [0.1, 0.15) is 13.8 Å². The summed E-state index contributed by atoms with van der Waals surface area (Å²) in [6.45, 7) is 11.8. The number of quaternary nitrogens is 2. The first kappa shape index (κ1) is 16.0. The van der Waals surface area contributed by atoms with Crippen LogP contribution in [0.25, 0.3) is 0 Å². The van der Waals surface area contributed by atoms with Gasteiger partial charge in [0.05, 0.1) is 7.05 Å². The van der Waals surface area contributed by atoms with E-state index in [1.165, 1.54) is 24.1 Å². The van der Waals surface area contributed by atoms with E-state index in [-0.39, 0.29) is 5.91 Å². The minimum absolute atomic E-state index is 0.157. The molecule has 3 aliphatic rings. The molecule has 4 rings (SSSR count). The first-order valence-electron chi connectivity index (χ1n) is 8.13. The predicted molar refractivity (Wildman–Crippen MR) is 86.9 cm³/mol. The topological polar surface area (TPSA) is 29.1 Å². The van der Waals surface area contributed by atoms with E-state index in [0.29, 0.717) is 6.54 Å². The van der Waals surface area contributed by atoms with E-state index in [1.807, 2.05) is 44.2 Å². The van der Waals surface area contributed by atoms with Crippen LogP contribution in [0, 0.1) is 0 Å². The van der Waals surface area contributed by atoms with Crippen molar-refractivity contribution in [1.29, 1.82) is 0 Å². The highest BCUT2D eigenvalue weighted by Crippen LogP contribution is 2.24. The number of nitrogens with zero attached hydrogens (tertiary/aromatic N) is 2. The minimum atomic E-state index is 0.157. The van der Waals surface area contributed by atoms with Crippen molar-refractivity contribution in [3.8, 4) is 0 Å². The molecule has 4 heteroatoms. The number of likely N-dealkylation sites (N-methyl/N-ethyl adjacent to an activating group) is 1. The zero-order valence-electron chi connectivity index (χ0n) is 13.6. The highest BCUT2D eigenvalue weighted by molar-refractivity contribution is 5.91. The van der Waals surface area contributed by atoms with Gasteiger partial charge in [-0.05, 0) is 12.1 Å². The smallest absolute Gasteiger partial charge is 0.279 e. The standard InChI is InChI=1S/C15H22N3O.C2H6/c1-17-7-10-18(11-8-17,12-9-17)13-15(19)16-14-5-3-2-4-6-14;1-2/h2-6H,7-13H2,1H3;1-2H3/q+1;/p+1. The summed E-state index contributed by atoms with van der Waals surface area (Å²) >= 11 is 0. The molecular weight excluding hydrogens is 262 g/mol. The second kappa shape index (κ2) is 6.58. The summed E-state index contributed by atoms with van der Waals surface area (Å²) < 4.78 is 2.20. The Balaban J connectivity index is 0.000000774. The van der Waals surface area contributed by atoms with Gasteiger partial charge in [0, 0.05) is 5.69 Å².